The Morgan fingerprint density at radius 3 is 2.68 bits per heavy atom. The third kappa shape index (κ3) is 2.31. The zero-order valence-electron chi connectivity index (χ0n) is 11.1. The Kier molecular flexibility index (Phi) is 3.53. The van der Waals surface area contributed by atoms with Gasteiger partial charge >= 0.3 is 5.69 Å². The predicted octanol–water partition coefficient (Wildman–Crippen LogP) is 0.447. The second-order valence-electron chi connectivity index (χ2n) is 4.61. The second-order valence-corrected chi connectivity index (χ2v) is 4.61. The van der Waals surface area contributed by atoms with Crippen LogP contribution in [-0.4, -0.2) is 22.2 Å². The Morgan fingerprint density at radius 2 is 2.05 bits per heavy atom. The van der Waals surface area contributed by atoms with E-state index in [-0.39, 0.29) is 18.1 Å². The Hall–Kier alpha value is -1.95. The molecule has 0 spiro atoms. The van der Waals surface area contributed by atoms with Gasteiger partial charge in [0.1, 0.15) is 5.82 Å². The number of nitrogens with one attached hydrogen (secondary N) is 1. The average Bonchev–Trinajstić information content (AvgIpc) is 2.40. The van der Waals surface area contributed by atoms with Gasteiger partial charge in [-0.25, -0.2) is 9.18 Å². The normalized spacial score (nSPS) is 12.8. The zero-order chi connectivity index (χ0) is 14.2. The summed E-state index contributed by atoms with van der Waals surface area (Å²) in [5, 5.41) is 3.32. The Bertz CT molecular complexity index is 733. The molecule has 1 aromatic carbocycles. The maximum Gasteiger partial charge on any atom is 0.331 e. The molecule has 0 bridgehead atoms. The van der Waals surface area contributed by atoms with Crippen LogP contribution in [-0.2, 0) is 13.6 Å². The molecule has 2 aromatic rings. The van der Waals surface area contributed by atoms with Crippen molar-refractivity contribution < 1.29 is 4.39 Å². The summed E-state index contributed by atoms with van der Waals surface area (Å²) in [4.78, 5) is 24.4. The monoisotopic (exact) mass is 265 g/mol. The lowest BCUT2D eigenvalue weighted by molar-refractivity contribution is 0.483. The molecule has 2 rings (SSSR count). The van der Waals surface area contributed by atoms with E-state index in [0.29, 0.717) is 10.9 Å². The van der Waals surface area contributed by atoms with E-state index >= 15 is 0 Å². The van der Waals surface area contributed by atoms with Crippen LogP contribution in [0, 0.1) is 5.82 Å². The summed E-state index contributed by atoms with van der Waals surface area (Å²) in [5.74, 6) is -0.469. The molecule has 0 aliphatic rings. The number of hydrogen-bond donors (Lipinski definition) is 1. The molecule has 0 fully saturated rings. The van der Waals surface area contributed by atoms with Crippen LogP contribution in [0.4, 0.5) is 4.39 Å². The van der Waals surface area contributed by atoms with Gasteiger partial charge in [0.05, 0.1) is 10.9 Å². The maximum absolute atomic E-state index is 13.2. The SMILES string of the molecule is CNC(C)Cn1c(=O)c2ccc(F)cc2n(C)c1=O. The molecule has 0 aliphatic heterocycles. The van der Waals surface area contributed by atoms with Gasteiger partial charge < -0.3 is 5.32 Å². The summed E-state index contributed by atoms with van der Waals surface area (Å²) in [7, 11) is 3.29. The highest BCUT2D eigenvalue weighted by Crippen LogP contribution is 2.09. The number of likely N-dealkylation sites (N-methyl/N-ethyl adjacent to an activating group) is 1. The number of aryl methyl sites for hydroxylation is 1. The Morgan fingerprint density at radius 1 is 1.37 bits per heavy atom. The van der Waals surface area contributed by atoms with E-state index in [4.69, 9.17) is 0 Å². The highest BCUT2D eigenvalue weighted by Gasteiger charge is 2.13. The number of aromatic nitrogens is 2. The maximum atomic E-state index is 13.2. The van der Waals surface area contributed by atoms with E-state index < -0.39 is 11.5 Å². The average molecular weight is 265 g/mol. The first-order chi connectivity index (χ1) is 8.95. The highest BCUT2D eigenvalue weighted by molar-refractivity contribution is 5.77. The lowest BCUT2D eigenvalue weighted by atomic mass is 10.2. The van der Waals surface area contributed by atoms with E-state index in [0.717, 1.165) is 0 Å². The van der Waals surface area contributed by atoms with E-state index in [1.807, 2.05) is 6.92 Å². The van der Waals surface area contributed by atoms with Crippen molar-refractivity contribution in [1.29, 1.82) is 0 Å². The minimum atomic E-state index is -0.469. The van der Waals surface area contributed by atoms with Gasteiger partial charge in [0.2, 0.25) is 0 Å². The van der Waals surface area contributed by atoms with Gasteiger partial charge in [-0.1, -0.05) is 0 Å². The van der Waals surface area contributed by atoms with Crippen LogP contribution in [0.5, 0.6) is 0 Å². The Labute approximate surface area is 109 Å². The third-order valence-electron chi connectivity index (χ3n) is 3.26. The van der Waals surface area contributed by atoms with E-state index in [9.17, 15) is 14.0 Å². The molecular weight excluding hydrogens is 249 g/mol. The van der Waals surface area contributed by atoms with Crippen LogP contribution in [0.2, 0.25) is 0 Å². The van der Waals surface area contributed by atoms with Crippen molar-refractivity contribution in [3.63, 3.8) is 0 Å². The molecule has 1 aromatic heterocycles. The number of hydrogen-bond acceptors (Lipinski definition) is 3. The fourth-order valence-corrected chi connectivity index (χ4v) is 2.01. The fraction of sp³-hybridized carbons (Fsp3) is 0.385. The molecule has 0 amide bonds. The molecule has 1 atom stereocenters. The fourth-order valence-electron chi connectivity index (χ4n) is 2.01. The van der Waals surface area contributed by atoms with E-state index in [1.165, 1.54) is 34.4 Å². The quantitative estimate of drug-likeness (QED) is 0.876. The van der Waals surface area contributed by atoms with Gasteiger partial charge in [-0.15, -0.1) is 0 Å². The summed E-state index contributed by atoms with van der Waals surface area (Å²) >= 11 is 0. The smallest absolute Gasteiger partial charge is 0.315 e. The van der Waals surface area contributed by atoms with Crippen molar-refractivity contribution in [3.05, 3.63) is 44.9 Å². The molecule has 5 nitrogen and oxygen atoms in total. The molecule has 0 radical (unpaired) electrons. The standard InChI is InChI=1S/C13H16FN3O2/c1-8(15-2)7-17-12(18)10-5-4-9(14)6-11(10)16(3)13(17)19/h4-6,8,15H,7H2,1-3H3. The number of halogens is 1. The first kappa shape index (κ1) is 13.5. The first-order valence-corrected chi connectivity index (χ1v) is 6.02. The number of benzene rings is 1. The van der Waals surface area contributed by atoms with Gasteiger partial charge in [-0.3, -0.25) is 13.9 Å². The third-order valence-corrected chi connectivity index (χ3v) is 3.26. The minimum Gasteiger partial charge on any atom is -0.315 e. The number of nitrogens with zero attached hydrogens (tertiary/aromatic N) is 2. The molecule has 0 aliphatic carbocycles. The van der Waals surface area contributed by atoms with E-state index in [1.54, 1.807) is 7.05 Å². The molecule has 0 saturated heterocycles. The van der Waals surface area contributed by atoms with E-state index in [2.05, 4.69) is 5.32 Å². The van der Waals surface area contributed by atoms with Crippen LogP contribution in [0.1, 0.15) is 6.92 Å². The van der Waals surface area contributed by atoms with Crippen molar-refractivity contribution in [2.75, 3.05) is 7.05 Å². The highest BCUT2D eigenvalue weighted by atomic mass is 19.1. The minimum absolute atomic E-state index is 0.0108. The first-order valence-electron chi connectivity index (χ1n) is 6.02. The summed E-state index contributed by atoms with van der Waals surface area (Å²) in [5.41, 5.74) is -0.520. The van der Waals surface area contributed by atoms with Gasteiger partial charge in [-0.2, -0.15) is 0 Å². The molecule has 1 unspecified atom stereocenters. The Balaban J connectivity index is 2.78. The lowest BCUT2D eigenvalue weighted by Gasteiger charge is -2.14. The summed E-state index contributed by atoms with van der Waals surface area (Å²) in [6.07, 6.45) is 0. The van der Waals surface area contributed by atoms with Crippen LogP contribution in [0.3, 0.4) is 0 Å². The molecular formula is C13H16FN3O2. The molecule has 6 heteroatoms. The predicted molar refractivity (Wildman–Crippen MR) is 71.9 cm³/mol. The largest absolute Gasteiger partial charge is 0.331 e. The van der Waals surface area contributed by atoms with Crippen molar-refractivity contribution in [2.24, 2.45) is 7.05 Å². The molecule has 0 saturated carbocycles. The van der Waals surface area contributed by atoms with Gasteiger partial charge in [-0.05, 0) is 32.2 Å². The van der Waals surface area contributed by atoms with Crippen LogP contribution in [0.25, 0.3) is 10.9 Å². The van der Waals surface area contributed by atoms with Gasteiger partial charge in [0, 0.05) is 19.6 Å². The number of fused-ring (bicyclic) bond motifs is 1. The van der Waals surface area contributed by atoms with Crippen molar-refractivity contribution in [3.8, 4) is 0 Å². The van der Waals surface area contributed by atoms with Crippen molar-refractivity contribution in [1.82, 2.24) is 14.5 Å². The number of rotatable bonds is 3. The topological polar surface area (TPSA) is 56.0 Å². The molecule has 1 heterocycles. The summed E-state index contributed by atoms with van der Waals surface area (Å²) in [6.45, 7) is 2.15. The molecule has 1 N–H and O–H groups in total. The molecule has 19 heavy (non-hydrogen) atoms. The van der Waals surface area contributed by atoms with Crippen LogP contribution < -0.4 is 16.6 Å². The lowest BCUT2D eigenvalue weighted by Crippen LogP contribution is -2.43. The second kappa shape index (κ2) is 4.97. The van der Waals surface area contributed by atoms with Gasteiger partial charge in [0.15, 0.2) is 0 Å². The summed E-state index contributed by atoms with van der Waals surface area (Å²) < 4.78 is 15.7. The van der Waals surface area contributed by atoms with Crippen LogP contribution in [0.15, 0.2) is 27.8 Å². The van der Waals surface area contributed by atoms with Crippen LogP contribution >= 0.6 is 0 Å². The summed E-state index contributed by atoms with van der Waals surface area (Å²) in [6, 6.07) is 3.82. The van der Waals surface area contributed by atoms with Crippen molar-refractivity contribution in [2.45, 2.75) is 19.5 Å². The zero-order valence-corrected chi connectivity index (χ0v) is 11.1. The van der Waals surface area contributed by atoms with Gasteiger partial charge in [0.25, 0.3) is 5.56 Å². The molecule has 102 valence electrons. The van der Waals surface area contributed by atoms with Crippen molar-refractivity contribution >= 4 is 10.9 Å².